The zero-order valence-corrected chi connectivity index (χ0v) is 12.0. The van der Waals surface area contributed by atoms with Crippen LogP contribution in [0.2, 0.25) is 0 Å². The molecule has 0 saturated carbocycles. The van der Waals surface area contributed by atoms with Crippen molar-refractivity contribution < 1.29 is 4.92 Å². The summed E-state index contributed by atoms with van der Waals surface area (Å²) in [5.74, 6) is 0.611. The lowest BCUT2D eigenvalue weighted by molar-refractivity contribution is -0.387. The van der Waals surface area contributed by atoms with Gasteiger partial charge in [-0.15, -0.1) is 11.8 Å². The van der Waals surface area contributed by atoms with E-state index in [1.807, 2.05) is 12.1 Å². The number of nitro benzene ring substituents is 1. The zero-order chi connectivity index (χ0) is 12.7. The Morgan fingerprint density at radius 1 is 1.39 bits per heavy atom. The van der Waals surface area contributed by atoms with Crippen molar-refractivity contribution in [3.63, 3.8) is 0 Å². The van der Waals surface area contributed by atoms with Crippen LogP contribution >= 0.6 is 27.7 Å². The minimum absolute atomic E-state index is 0.213. The highest BCUT2D eigenvalue weighted by molar-refractivity contribution is 9.09. The molecular formula is C13H12BrNO2S. The molecule has 0 spiro atoms. The molecule has 1 aromatic carbocycles. The van der Waals surface area contributed by atoms with E-state index in [2.05, 4.69) is 22.0 Å². The highest BCUT2D eigenvalue weighted by Crippen LogP contribution is 2.50. The van der Waals surface area contributed by atoms with Crippen molar-refractivity contribution in [3.8, 4) is 0 Å². The van der Waals surface area contributed by atoms with Crippen LogP contribution in [0.15, 0.2) is 40.8 Å². The summed E-state index contributed by atoms with van der Waals surface area (Å²) >= 11 is 5.36. The van der Waals surface area contributed by atoms with Crippen molar-refractivity contribution in [3.05, 3.63) is 46.0 Å². The van der Waals surface area contributed by atoms with Crippen molar-refractivity contribution in [1.82, 2.24) is 0 Å². The van der Waals surface area contributed by atoms with Gasteiger partial charge in [0.15, 0.2) is 0 Å². The molecular weight excluding hydrogens is 314 g/mol. The maximum Gasteiger partial charge on any atom is 0.282 e. The molecule has 3 atom stereocenters. The van der Waals surface area contributed by atoms with Crippen LogP contribution in [0.25, 0.3) is 0 Å². The van der Waals surface area contributed by atoms with E-state index < -0.39 is 0 Å². The molecule has 0 aliphatic heterocycles. The molecule has 0 N–H and O–H groups in total. The van der Waals surface area contributed by atoms with Gasteiger partial charge in [0, 0.05) is 16.1 Å². The van der Waals surface area contributed by atoms with Crippen molar-refractivity contribution in [2.45, 2.75) is 27.8 Å². The van der Waals surface area contributed by atoms with Gasteiger partial charge in [-0.3, -0.25) is 10.1 Å². The number of nitrogens with zero attached hydrogens (tertiary/aromatic N) is 1. The number of hydrogen-bond donors (Lipinski definition) is 0. The molecule has 5 heteroatoms. The van der Waals surface area contributed by atoms with E-state index in [0.29, 0.717) is 16.0 Å². The number of thioether (sulfide) groups is 1. The Balaban J connectivity index is 1.85. The van der Waals surface area contributed by atoms with Crippen molar-refractivity contribution in [2.24, 2.45) is 5.92 Å². The van der Waals surface area contributed by atoms with Gasteiger partial charge in [0.1, 0.15) is 0 Å². The van der Waals surface area contributed by atoms with E-state index in [9.17, 15) is 10.1 Å². The van der Waals surface area contributed by atoms with Gasteiger partial charge in [0.25, 0.3) is 5.69 Å². The number of para-hydroxylation sites is 1. The van der Waals surface area contributed by atoms with Gasteiger partial charge in [-0.25, -0.2) is 0 Å². The van der Waals surface area contributed by atoms with Gasteiger partial charge >= 0.3 is 0 Å². The quantitative estimate of drug-likeness (QED) is 0.362. The fourth-order valence-electron chi connectivity index (χ4n) is 2.68. The summed E-state index contributed by atoms with van der Waals surface area (Å²) in [6.45, 7) is 0. The number of rotatable bonds is 3. The van der Waals surface area contributed by atoms with E-state index >= 15 is 0 Å². The van der Waals surface area contributed by atoms with Crippen LogP contribution in [-0.2, 0) is 0 Å². The Labute approximate surface area is 118 Å². The van der Waals surface area contributed by atoms with Crippen LogP contribution in [0.5, 0.6) is 0 Å². The summed E-state index contributed by atoms with van der Waals surface area (Å²) in [6, 6.07) is 7.00. The molecule has 2 aliphatic rings. The average Bonchev–Trinajstić information content (AvgIpc) is 2.93. The van der Waals surface area contributed by atoms with Crippen LogP contribution in [0.3, 0.4) is 0 Å². The first-order chi connectivity index (χ1) is 8.66. The largest absolute Gasteiger partial charge is 0.282 e. The third-order valence-corrected chi connectivity index (χ3v) is 6.58. The minimum Gasteiger partial charge on any atom is -0.258 e. The van der Waals surface area contributed by atoms with Gasteiger partial charge < -0.3 is 0 Å². The second-order valence-corrected chi connectivity index (χ2v) is 6.89. The first kappa shape index (κ1) is 12.2. The monoisotopic (exact) mass is 325 g/mol. The third-order valence-electron chi connectivity index (χ3n) is 3.57. The lowest BCUT2D eigenvalue weighted by Gasteiger charge is -2.25. The third kappa shape index (κ3) is 1.99. The summed E-state index contributed by atoms with van der Waals surface area (Å²) < 4.78 is 0. The minimum atomic E-state index is -0.298. The molecule has 0 unspecified atom stereocenters. The molecule has 0 saturated heterocycles. The van der Waals surface area contributed by atoms with Crippen LogP contribution in [0, 0.1) is 16.0 Å². The lowest BCUT2D eigenvalue weighted by atomic mass is 9.99. The molecule has 18 heavy (non-hydrogen) atoms. The molecule has 0 aromatic heterocycles. The van der Waals surface area contributed by atoms with Crippen LogP contribution < -0.4 is 0 Å². The maximum absolute atomic E-state index is 11.0. The van der Waals surface area contributed by atoms with E-state index in [-0.39, 0.29) is 10.6 Å². The molecule has 0 heterocycles. The average molecular weight is 326 g/mol. The second-order valence-electron chi connectivity index (χ2n) is 4.65. The molecule has 2 aliphatic carbocycles. The number of fused-ring (bicyclic) bond motifs is 1. The number of allylic oxidation sites excluding steroid dienone is 1. The van der Waals surface area contributed by atoms with E-state index in [4.69, 9.17) is 0 Å². The Morgan fingerprint density at radius 3 is 2.83 bits per heavy atom. The first-order valence-electron chi connectivity index (χ1n) is 5.91. The highest BCUT2D eigenvalue weighted by atomic mass is 79.9. The Kier molecular flexibility index (Phi) is 3.20. The van der Waals surface area contributed by atoms with Gasteiger partial charge in [-0.1, -0.05) is 39.7 Å². The topological polar surface area (TPSA) is 43.1 Å². The SMILES string of the molecule is O=[N+]([O-])c1ccccc1S[C@@H]1C2=C[C@@H](CC2)[C@H]1Br. The van der Waals surface area contributed by atoms with E-state index in [0.717, 1.165) is 11.3 Å². The predicted octanol–water partition coefficient (Wildman–Crippen LogP) is 4.17. The summed E-state index contributed by atoms with van der Waals surface area (Å²) in [6.07, 6.45) is 4.70. The Morgan fingerprint density at radius 2 is 2.17 bits per heavy atom. The smallest absolute Gasteiger partial charge is 0.258 e. The summed E-state index contributed by atoms with van der Waals surface area (Å²) in [5.41, 5.74) is 1.66. The van der Waals surface area contributed by atoms with Crippen LogP contribution in [-0.4, -0.2) is 15.0 Å². The second kappa shape index (κ2) is 4.70. The molecule has 0 amide bonds. The summed E-state index contributed by atoms with van der Waals surface area (Å²) in [7, 11) is 0. The normalized spacial score (nSPS) is 29.4. The molecule has 0 radical (unpaired) electrons. The number of hydrogen-bond acceptors (Lipinski definition) is 3. The standard InChI is InChI=1S/C13H12BrNO2S/c14-12-8-5-6-9(7-8)13(12)18-11-4-2-1-3-10(11)15(16)17/h1-4,7-8,12-13H,5-6H2/t8-,12-,13-/m1/s1. The van der Waals surface area contributed by atoms with Gasteiger partial charge in [-0.05, 0) is 24.8 Å². The number of nitro groups is 1. The Bertz CT molecular complexity index is 531. The number of benzene rings is 1. The Hall–Kier alpha value is -0.810. The fraction of sp³-hybridized carbons (Fsp3) is 0.385. The predicted molar refractivity (Wildman–Crippen MR) is 76.3 cm³/mol. The van der Waals surface area contributed by atoms with E-state index in [1.165, 1.54) is 12.0 Å². The lowest BCUT2D eigenvalue weighted by Crippen LogP contribution is -2.23. The van der Waals surface area contributed by atoms with Gasteiger partial charge in [0.05, 0.1) is 9.82 Å². The fourth-order valence-corrected chi connectivity index (χ4v) is 5.13. The van der Waals surface area contributed by atoms with Crippen LogP contribution in [0.1, 0.15) is 12.8 Å². The molecule has 3 nitrogen and oxygen atoms in total. The molecule has 2 bridgehead atoms. The highest BCUT2D eigenvalue weighted by Gasteiger charge is 2.41. The molecule has 1 aromatic rings. The van der Waals surface area contributed by atoms with E-state index in [1.54, 1.807) is 23.9 Å². The van der Waals surface area contributed by atoms with Gasteiger partial charge in [-0.2, -0.15) is 0 Å². The molecule has 3 rings (SSSR count). The number of halogens is 1. The molecule has 94 valence electrons. The van der Waals surface area contributed by atoms with Crippen molar-refractivity contribution >= 4 is 33.4 Å². The zero-order valence-electron chi connectivity index (χ0n) is 9.58. The molecule has 0 fully saturated rings. The number of alkyl halides is 1. The first-order valence-corrected chi connectivity index (χ1v) is 7.71. The maximum atomic E-state index is 11.0. The summed E-state index contributed by atoms with van der Waals surface area (Å²) in [5, 5.41) is 11.4. The van der Waals surface area contributed by atoms with Crippen molar-refractivity contribution in [1.29, 1.82) is 0 Å². The van der Waals surface area contributed by atoms with Crippen molar-refractivity contribution in [2.75, 3.05) is 0 Å². The van der Waals surface area contributed by atoms with Gasteiger partial charge in [0.2, 0.25) is 0 Å². The summed E-state index contributed by atoms with van der Waals surface area (Å²) in [4.78, 5) is 11.9. The van der Waals surface area contributed by atoms with Crippen LogP contribution in [0.4, 0.5) is 5.69 Å².